The minimum absolute atomic E-state index is 0.175. The summed E-state index contributed by atoms with van der Waals surface area (Å²) in [6, 6.07) is 3.45. The Morgan fingerprint density at radius 2 is 2.25 bits per heavy atom. The van der Waals surface area contributed by atoms with Gasteiger partial charge in [0.2, 0.25) is 0 Å². The van der Waals surface area contributed by atoms with E-state index in [1.165, 1.54) is 11.0 Å². The smallest absolute Gasteiger partial charge is 0.254 e. The van der Waals surface area contributed by atoms with Crippen LogP contribution in [0.5, 0.6) is 5.75 Å². The van der Waals surface area contributed by atoms with Gasteiger partial charge in [-0.1, -0.05) is 0 Å². The molecule has 1 heterocycles. The fourth-order valence-electron chi connectivity index (χ4n) is 3.20. The lowest BCUT2D eigenvalue weighted by Gasteiger charge is -2.45. The lowest BCUT2D eigenvalue weighted by Crippen LogP contribution is -2.55. The summed E-state index contributed by atoms with van der Waals surface area (Å²) in [5.74, 6) is -1.72. The van der Waals surface area contributed by atoms with Gasteiger partial charge in [-0.25, -0.2) is 4.39 Å². The van der Waals surface area contributed by atoms with Crippen LogP contribution in [0, 0.1) is 11.2 Å². The van der Waals surface area contributed by atoms with Crippen LogP contribution in [-0.4, -0.2) is 65.6 Å². The van der Waals surface area contributed by atoms with E-state index in [0.29, 0.717) is 32.4 Å². The molecular formula is C17H24FNO5. The van der Waals surface area contributed by atoms with Crippen molar-refractivity contribution in [3.8, 4) is 5.75 Å². The number of carbonyl (C=O) groups is 1. The van der Waals surface area contributed by atoms with Gasteiger partial charge in [0, 0.05) is 37.8 Å². The normalized spacial score (nSPS) is 24.2. The molecule has 1 aliphatic rings. The molecule has 2 atom stereocenters. The standard InChI is InChI=1S/C17H24FNO5/c1-24-8-2-6-17(11-20)10-19(7-5-15(17)22)16(23)12-3-4-13(18)14(21)9-12/h3-4,9,15,20-22H,2,5-8,10-11H2,1H3/t15-,17+/m1/s1. The maximum absolute atomic E-state index is 13.2. The topological polar surface area (TPSA) is 90.2 Å². The average Bonchev–Trinajstić information content (AvgIpc) is 2.58. The number of halogens is 1. The Morgan fingerprint density at radius 3 is 2.88 bits per heavy atom. The van der Waals surface area contributed by atoms with Crippen molar-refractivity contribution in [1.82, 2.24) is 4.90 Å². The Balaban J connectivity index is 2.15. The first-order valence-electron chi connectivity index (χ1n) is 7.99. The second-order valence-electron chi connectivity index (χ2n) is 6.31. The van der Waals surface area contributed by atoms with Crippen molar-refractivity contribution in [2.45, 2.75) is 25.4 Å². The van der Waals surface area contributed by atoms with Gasteiger partial charge in [0.15, 0.2) is 11.6 Å². The van der Waals surface area contributed by atoms with E-state index in [1.807, 2.05) is 0 Å². The van der Waals surface area contributed by atoms with Crippen molar-refractivity contribution < 1.29 is 29.2 Å². The molecule has 1 aliphatic heterocycles. The summed E-state index contributed by atoms with van der Waals surface area (Å²) in [4.78, 5) is 14.1. The predicted octanol–water partition coefficient (Wildman–Crippen LogP) is 1.14. The molecule has 1 fully saturated rings. The predicted molar refractivity (Wildman–Crippen MR) is 85.2 cm³/mol. The molecule has 1 amide bonds. The van der Waals surface area contributed by atoms with Crippen LogP contribution >= 0.6 is 0 Å². The summed E-state index contributed by atoms with van der Waals surface area (Å²) in [7, 11) is 1.58. The molecule has 134 valence electrons. The molecule has 1 aromatic carbocycles. The number of aliphatic hydroxyl groups is 2. The largest absolute Gasteiger partial charge is 0.505 e. The number of hydrogen-bond acceptors (Lipinski definition) is 5. The number of hydrogen-bond donors (Lipinski definition) is 3. The van der Waals surface area contributed by atoms with Gasteiger partial charge < -0.3 is 25.0 Å². The van der Waals surface area contributed by atoms with Crippen molar-refractivity contribution >= 4 is 5.91 Å². The third-order valence-electron chi connectivity index (χ3n) is 4.70. The van der Waals surface area contributed by atoms with Crippen molar-refractivity contribution in [3.05, 3.63) is 29.6 Å². The molecule has 0 spiro atoms. The number of amides is 1. The average molecular weight is 341 g/mol. The van der Waals surface area contributed by atoms with E-state index in [2.05, 4.69) is 0 Å². The van der Waals surface area contributed by atoms with Gasteiger partial charge in [0.1, 0.15) is 0 Å². The molecule has 1 saturated heterocycles. The first-order chi connectivity index (χ1) is 11.4. The summed E-state index contributed by atoms with van der Waals surface area (Å²) in [6.45, 7) is 0.806. The zero-order valence-electron chi connectivity index (χ0n) is 13.7. The lowest BCUT2D eigenvalue weighted by atomic mass is 9.74. The molecule has 0 aliphatic carbocycles. The molecule has 6 nitrogen and oxygen atoms in total. The molecular weight excluding hydrogens is 317 g/mol. The minimum Gasteiger partial charge on any atom is -0.505 e. The highest BCUT2D eigenvalue weighted by Gasteiger charge is 2.43. The van der Waals surface area contributed by atoms with Gasteiger partial charge in [-0.2, -0.15) is 0 Å². The fraction of sp³-hybridized carbons (Fsp3) is 0.588. The van der Waals surface area contributed by atoms with Crippen LogP contribution in [0.4, 0.5) is 4.39 Å². The Bertz CT molecular complexity index is 582. The number of piperidine rings is 1. The number of carbonyl (C=O) groups excluding carboxylic acids is 1. The number of nitrogens with zero attached hydrogens (tertiary/aromatic N) is 1. The van der Waals surface area contributed by atoms with Gasteiger partial charge in [-0.05, 0) is 37.5 Å². The second kappa shape index (κ2) is 7.92. The van der Waals surface area contributed by atoms with Crippen molar-refractivity contribution in [3.63, 3.8) is 0 Å². The zero-order valence-corrected chi connectivity index (χ0v) is 13.7. The minimum atomic E-state index is -0.797. The number of aromatic hydroxyl groups is 1. The fourth-order valence-corrected chi connectivity index (χ4v) is 3.20. The number of phenols is 1. The monoisotopic (exact) mass is 341 g/mol. The number of phenolic OH excluding ortho intramolecular Hbond substituents is 1. The van der Waals surface area contributed by atoms with Crippen molar-refractivity contribution in [2.24, 2.45) is 5.41 Å². The van der Waals surface area contributed by atoms with E-state index in [9.17, 15) is 24.5 Å². The van der Waals surface area contributed by atoms with E-state index in [0.717, 1.165) is 12.1 Å². The third kappa shape index (κ3) is 3.85. The molecule has 0 saturated carbocycles. The number of benzene rings is 1. The molecule has 1 aromatic rings. The van der Waals surface area contributed by atoms with Gasteiger partial charge in [0.05, 0.1) is 12.7 Å². The highest BCUT2D eigenvalue weighted by Crippen LogP contribution is 2.35. The highest BCUT2D eigenvalue weighted by molar-refractivity contribution is 5.94. The highest BCUT2D eigenvalue weighted by atomic mass is 19.1. The van der Waals surface area contributed by atoms with Gasteiger partial charge in [-0.15, -0.1) is 0 Å². The lowest BCUT2D eigenvalue weighted by molar-refractivity contribution is -0.0745. The Kier molecular flexibility index (Phi) is 6.15. The van der Waals surface area contributed by atoms with Crippen LogP contribution in [0.25, 0.3) is 0 Å². The molecule has 3 N–H and O–H groups in total. The van der Waals surface area contributed by atoms with Crippen LogP contribution in [0.2, 0.25) is 0 Å². The van der Waals surface area contributed by atoms with Crippen LogP contribution in [0.15, 0.2) is 18.2 Å². The van der Waals surface area contributed by atoms with Gasteiger partial charge >= 0.3 is 0 Å². The molecule has 0 unspecified atom stereocenters. The molecule has 0 aromatic heterocycles. The van der Waals surface area contributed by atoms with E-state index < -0.39 is 23.1 Å². The van der Waals surface area contributed by atoms with Crippen molar-refractivity contribution in [1.29, 1.82) is 0 Å². The quantitative estimate of drug-likeness (QED) is 0.675. The summed E-state index contributed by atoms with van der Waals surface area (Å²) in [5.41, 5.74) is -0.622. The number of methoxy groups -OCH3 is 1. The maximum atomic E-state index is 13.2. The molecule has 7 heteroatoms. The molecule has 2 rings (SSSR count). The summed E-state index contributed by atoms with van der Waals surface area (Å²) in [5, 5.41) is 29.6. The zero-order chi connectivity index (χ0) is 17.7. The van der Waals surface area contributed by atoms with E-state index in [4.69, 9.17) is 4.74 Å². The van der Waals surface area contributed by atoms with Gasteiger partial charge in [-0.3, -0.25) is 4.79 Å². The third-order valence-corrected chi connectivity index (χ3v) is 4.70. The Morgan fingerprint density at radius 1 is 1.50 bits per heavy atom. The van der Waals surface area contributed by atoms with E-state index >= 15 is 0 Å². The Labute approximate surface area is 140 Å². The number of ether oxygens (including phenoxy) is 1. The second-order valence-corrected chi connectivity index (χ2v) is 6.31. The van der Waals surface area contributed by atoms with Crippen LogP contribution < -0.4 is 0 Å². The van der Waals surface area contributed by atoms with Crippen LogP contribution in [-0.2, 0) is 4.74 Å². The molecule has 24 heavy (non-hydrogen) atoms. The SMILES string of the molecule is COCCC[C@@]1(CO)CN(C(=O)c2ccc(F)c(O)c2)CC[C@H]1O. The molecule has 0 radical (unpaired) electrons. The Hall–Kier alpha value is -1.70. The number of rotatable bonds is 6. The first-order valence-corrected chi connectivity index (χ1v) is 7.99. The van der Waals surface area contributed by atoms with E-state index in [-0.39, 0.29) is 24.6 Å². The molecule has 0 bridgehead atoms. The number of aliphatic hydroxyl groups excluding tert-OH is 2. The summed E-state index contributed by atoms with van der Waals surface area (Å²) >= 11 is 0. The van der Waals surface area contributed by atoms with Crippen molar-refractivity contribution in [2.75, 3.05) is 33.4 Å². The van der Waals surface area contributed by atoms with E-state index in [1.54, 1.807) is 7.11 Å². The summed E-state index contributed by atoms with van der Waals surface area (Å²) < 4.78 is 18.2. The van der Waals surface area contributed by atoms with Gasteiger partial charge in [0.25, 0.3) is 5.91 Å². The van der Waals surface area contributed by atoms with Crippen LogP contribution in [0.3, 0.4) is 0 Å². The first kappa shape index (κ1) is 18.6. The van der Waals surface area contributed by atoms with Crippen LogP contribution in [0.1, 0.15) is 29.6 Å². The maximum Gasteiger partial charge on any atom is 0.254 e. The summed E-state index contributed by atoms with van der Waals surface area (Å²) in [6.07, 6.45) is 0.835. The number of likely N-dealkylation sites (tertiary alicyclic amines) is 1.